The van der Waals surface area contributed by atoms with Crippen LogP contribution in [0.5, 0.6) is 0 Å². The number of nitrogens with zero attached hydrogens (tertiary/aromatic N) is 1. The maximum atomic E-state index is 2.22. The normalized spacial score (nSPS) is 10.7. The Morgan fingerprint density at radius 1 is 0.464 bits per heavy atom. The Labute approximate surface area is 167 Å². The molecule has 28 heavy (non-hydrogen) atoms. The number of aryl methyl sites for hydroxylation is 1. The lowest BCUT2D eigenvalue weighted by Crippen LogP contribution is -2.07. The summed E-state index contributed by atoms with van der Waals surface area (Å²) >= 11 is 0. The molecule has 0 radical (unpaired) electrons. The van der Waals surface area contributed by atoms with E-state index in [0.29, 0.717) is 0 Å². The summed E-state index contributed by atoms with van der Waals surface area (Å²) in [5, 5.41) is 0. The molecule has 0 bridgehead atoms. The first-order valence-electron chi connectivity index (χ1n) is 9.67. The van der Waals surface area contributed by atoms with Gasteiger partial charge in [-0.05, 0) is 52.4 Å². The molecule has 0 spiro atoms. The lowest BCUT2D eigenvalue weighted by atomic mass is 9.89. The first kappa shape index (κ1) is 18.1. The minimum absolute atomic E-state index is 1.21. The number of hydrogen-bond acceptors (Lipinski definition) is 1. The molecule has 0 saturated heterocycles. The summed E-state index contributed by atoms with van der Waals surface area (Å²) in [6.45, 7) is 2.13. The van der Waals surface area contributed by atoms with Crippen LogP contribution < -0.4 is 4.90 Å². The third kappa shape index (κ3) is 3.57. The van der Waals surface area contributed by atoms with Gasteiger partial charge in [0.05, 0.1) is 0 Å². The maximum Gasteiger partial charge on any atom is 0.0361 e. The largest absolute Gasteiger partial charge is 0.378 e. The van der Waals surface area contributed by atoms with Crippen molar-refractivity contribution in [3.8, 4) is 33.4 Å². The molecule has 0 heterocycles. The molecule has 4 aromatic carbocycles. The van der Waals surface area contributed by atoms with Crippen molar-refractivity contribution < 1.29 is 0 Å². The van der Waals surface area contributed by atoms with Gasteiger partial charge >= 0.3 is 0 Å². The Kier molecular flexibility index (Phi) is 4.99. The molecular weight excluding hydrogens is 338 g/mol. The molecule has 0 saturated carbocycles. The highest BCUT2D eigenvalue weighted by Crippen LogP contribution is 2.38. The van der Waals surface area contributed by atoms with E-state index in [9.17, 15) is 0 Å². The Morgan fingerprint density at radius 2 is 0.857 bits per heavy atom. The summed E-state index contributed by atoms with van der Waals surface area (Å²) in [5.41, 5.74) is 10.0. The second-order valence-electron chi connectivity index (χ2n) is 7.40. The van der Waals surface area contributed by atoms with Crippen molar-refractivity contribution in [2.24, 2.45) is 0 Å². The van der Waals surface area contributed by atoms with E-state index >= 15 is 0 Å². The van der Waals surface area contributed by atoms with Crippen molar-refractivity contribution in [3.63, 3.8) is 0 Å². The van der Waals surface area contributed by atoms with Gasteiger partial charge in [-0.3, -0.25) is 0 Å². The van der Waals surface area contributed by atoms with Crippen molar-refractivity contribution in [3.05, 3.63) is 103 Å². The van der Waals surface area contributed by atoms with Gasteiger partial charge in [0.2, 0.25) is 0 Å². The van der Waals surface area contributed by atoms with Crippen LogP contribution in [0.2, 0.25) is 0 Å². The molecular formula is C27H25N. The molecule has 0 fully saturated rings. The molecule has 0 aliphatic rings. The quantitative estimate of drug-likeness (QED) is 0.375. The third-order valence-corrected chi connectivity index (χ3v) is 5.20. The van der Waals surface area contributed by atoms with Gasteiger partial charge in [-0.1, -0.05) is 90.5 Å². The predicted octanol–water partition coefficient (Wildman–Crippen LogP) is 7.06. The van der Waals surface area contributed by atoms with Gasteiger partial charge in [0, 0.05) is 19.8 Å². The van der Waals surface area contributed by atoms with E-state index in [0.717, 1.165) is 0 Å². The van der Waals surface area contributed by atoms with E-state index in [2.05, 4.69) is 123 Å². The molecule has 1 nitrogen and oxygen atoms in total. The van der Waals surface area contributed by atoms with E-state index in [1.54, 1.807) is 0 Å². The fourth-order valence-corrected chi connectivity index (χ4v) is 3.61. The van der Waals surface area contributed by atoms with Crippen LogP contribution in [-0.2, 0) is 0 Å². The summed E-state index contributed by atoms with van der Waals surface area (Å²) < 4.78 is 0. The summed E-state index contributed by atoms with van der Waals surface area (Å²) in [6, 6.07) is 34.9. The highest BCUT2D eigenvalue weighted by atomic mass is 15.1. The van der Waals surface area contributed by atoms with Crippen molar-refractivity contribution in [2.75, 3.05) is 19.0 Å². The van der Waals surface area contributed by atoms with Gasteiger partial charge in [-0.15, -0.1) is 0 Å². The van der Waals surface area contributed by atoms with Crippen LogP contribution in [-0.4, -0.2) is 14.1 Å². The zero-order chi connectivity index (χ0) is 19.5. The molecule has 0 atom stereocenters. The van der Waals surface area contributed by atoms with Crippen LogP contribution in [0.1, 0.15) is 5.56 Å². The molecule has 4 rings (SSSR count). The smallest absolute Gasteiger partial charge is 0.0361 e. The SMILES string of the molecule is Cc1ccc(-c2ccccc2-c2ccccc2-c2ccc(N(C)C)cc2)cc1. The third-order valence-electron chi connectivity index (χ3n) is 5.20. The van der Waals surface area contributed by atoms with E-state index in [1.807, 2.05) is 0 Å². The highest BCUT2D eigenvalue weighted by Gasteiger charge is 2.12. The molecule has 0 amide bonds. The number of benzene rings is 4. The van der Waals surface area contributed by atoms with Gasteiger partial charge in [0.15, 0.2) is 0 Å². The predicted molar refractivity (Wildman–Crippen MR) is 122 cm³/mol. The number of anilines is 1. The summed E-state index contributed by atoms with van der Waals surface area (Å²) in [5.74, 6) is 0. The molecule has 0 aromatic heterocycles. The van der Waals surface area contributed by atoms with Crippen LogP contribution in [0.3, 0.4) is 0 Å². The molecule has 1 heteroatoms. The van der Waals surface area contributed by atoms with E-state index < -0.39 is 0 Å². The Hall–Kier alpha value is -3.32. The number of hydrogen-bond donors (Lipinski definition) is 0. The minimum atomic E-state index is 1.21. The first-order chi connectivity index (χ1) is 13.6. The lowest BCUT2D eigenvalue weighted by Gasteiger charge is -2.16. The van der Waals surface area contributed by atoms with Crippen LogP contribution in [0, 0.1) is 6.92 Å². The van der Waals surface area contributed by atoms with Gasteiger partial charge in [-0.25, -0.2) is 0 Å². The zero-order valence-electron chi connectivity index (χ0n) is 16.7. The fourth-order valence-electron chi connectivity index (χ4n) is 3.61. The monoisotopic (exact) mass is 363 g/mol. The first-order valence-corrected chi connectivity index (χ1v) is 9.67. The number of rotatable bonds is 4. The van der Waals surface area contributed by atoms with Crippen molar-refractivity contribution in [1.82, 2.24) is 0 Å². The van der Waals surface area contributed by atoms with E-state index in [-0.39, 0.29) is 0 Å². The fraction of sp³-hybridized carbons (Fsp3) is 0.111. The van der Waals surface area contributed by atoms with Gasteiger partial charge in [0.25, 0.3) is 0 Å². The highest BCUT2D eigenvalue weighted by molar-refractivity contribution is 5.91. The zero-order valence-corrected chi connectivity index (χ0v) is 16.7. The summed E-state index contributed by atoms with van der Waals surface area (Å²) in [7, 11) is 4.14. The van der Waals surface area contributed by atoms with E-state index in [4.69, 9.17) is 0 Å². The summed E-state index contributed by atoms with van der Waals surface area (Å²) in [6.07, 6.45) is 0. The van der Waals surface area contributed by atoms with Crippen LogP contribution >= 0.6 is 0 Å². The van der Waals surface area contributed by atoms with Gasteiger partial charge < -0.3 is 4.90 Å². The maximum absolute atomic E-state index is 2.22. The lowest BCUT2D eigenvalue weighted by molar-refractivity contribution is 1.13. The molecule has 4 aromatic rings. The second-order valence-corrected chi connectivity index (χ2v) is 7.40. The molecule has 0 aliphatic carbocycles. The standard InChI is InChI=1S/C27H25N/c1-20-12-14-21(15-13-20)24-8-4-6-10-26(24)27-11-7-5-9-25(27)22-16-18-23(19-17-22)28(2)3/h4-19H,1-3H3. The van der Waals surface area contributed by atoms with Gasteiger partial charge in [0.1, 0.15) is 0 Å². The van der Waals surface area contributed by atoms with Crippen molar-refractivity contribution in [2.45, 2.75) is 6.92 Å². The van der Waals surface area contributed by atoms with Crippen LogP contribution in [0.4, 0.5) is 5.69 Å². The van der Waals surface area contributed by atoms with Gasteiger partial charge in [-0.2, -0.15) is 0 Å². The van der Waals surface area contributed by atoms with Crippen LogP contribution in [0.25, 0.3) is 33.4 Å². The Bertz CT molecular complexity index is 1070. The average Bonchev–Trinajstić information content (AvgIpc) is 2.74. The average molecular weight is 364 g/mol. The molecule has 138 valence electrons. The Balaban J connectivity index is 1.85. The van der Waals surface area contributed by atoms with Crippen molar-refractivity contribution in [1.29, 1.82) is 0 Å². The van der Waals surface area contributed by atoms with Crippen LogP contribution in [0.15, 0.2) is 97.1 Å². The van der Waals surface area contributed by atoms with Crippen molar-refractivity contribution >= 4 is 5.69 Å². The molecule has 0 N–H and O–H groups in total. The summed E-state index contributed by atoms with van der Waals surface area (Å²) in [4.78, 5) is 2.13. The van der Waals surface area contributed by atoms with E-state index in [1.165, 1.54) is 44.6 Å². The second kappa shape index (κ2) is 7.74. The molecule has 0 unspecified atom stereocenters. The molecule has 0 aliphatic heterocycles. The topological polar surface area (TPSA) is 3.24 Å². The Morgan fingerprint density at radius 3 is 1.29 bits per heavy atom. The minimum Gasteiger partial charge on any atom is -0.378 e.